The molecule has 4 heteroatoms. The van der Waals surface area contributed by atoms with Gasteiger partial charge < -0.3 is 10.5 Å². The van der Waals surface area contributed by atoms with Crippen molar-refractivity contribution in [3.8, 4) is 0 Å². The van der Waals surface area contributed by atoms with Crippen molar-refractivity contribution in [3.05, 3.63) is 12.3 Å². The first-order chi connectivity index (χ1) is 8.01. The normalized spacial score (nSPS) is 46.8. The predicted octanol–water partition coefficient (Wildman–Crippen LogP) is 1.32. The zero-order valence-corrected chi connectivity index (χ0v) is 10.0. The van der Waals surface area contributed by atoms with Gasteiger partial charge in [-0.2, -0.15) is 0 Å². The number of hydrogen-bond donors (Lipinski definition) is 1. The lowest BCUT2D eigenvalue weighted by Crippen LogP contribution is -2.46. The Kier molecular flexibility index (Phi) is 2.32. The smallest absolute Gasteiger partial charge is 0.353 e. The van der Waals surface area contributed by atoms with Gasteiger partial charge >= 0.3 is 5.97 Å². The lowest BCUT2D eigenvalue weighted by atomic mass is 9.63. The molecule has 3 fully saturated rings. The van der Waals surface area contributed by atoms with Crippen LogP contribution in [-0.4, -0.2) is 19.3 Å². The second kappa shape index (κ2) is 3.53. The van der Waals surface area contributed by atoms with Crippen molar-refractivity contribution in [1.29, 1.82) is 0 Å². The van der Waals surface area contributed by atoms with E-state index < -0.39 is 11.5 Å². The molecule has 0 aromatic heterocycles. The number of hydrogen-bond acceptors (Lipinski definition) is 3. The number of nitrogens with two attached hydrogens (primary N) is 1. The maximum Gasteiger partial charge on any atom is 0.353 e. The zero-order valence-electron chi connectivity index (χ0n) is 10.0. The number of esters is 1. The minimum Gasteiger partial charge on any atom is -0.465 e. The second-order valence-corrected chi connectivity index (χ2v) is 5.93. The summed E-state index contributed by atoms with van der Waals surface area (Å²) in [6.45, 7) is 3.40. The number of ether oxygens (including phenoxy) is 1. The molecule has 0 heterocycles. The summed E-state index contributed by atoms with van der Waals surface area (Å²) in [6.07, 6.45) is 5.80. The molecule has 3 aliphatic rings. The highest BCUT2D eigenvalue weighted by molar-refractivity contribution is 6.16. The van der Waals surface area contributed by atoms with Crippen molar-refractivity contribution in [2.24, 2.45) is 29.4 Å². The summed E-state index contributed by atoms with van der Waals surface area (Å²) in [5.41, 5.74) is 4.52. The minimum absolute atomic E-state index is 0.0550. The highest BCUT2D eigenvalue weighted by Crippen LogP contribution is 2.62. The molecule has 0 aromatic rings. The van der Waals surface area contributed by atoms with E-state index in [-0.39, 0.29) is 5.70 Å². The molecule has 3 saturated carbocycles. The van der Waals surface area contributed by atoms with Crippen molar-refractivity contribution in [1.82, 2.24) is 0 Å². The maximum atomic E-state index is 11.5. The van der Waals surface area contributed by atoms with E-state index in [4.69, 9.17) is 18.3 Å². The first-order valence-corrected chi connectivity index (χ1v) is 6.48. The zero-order chi connectivity index (χ0) is 12.2. The molecule has 5 atom stereocenters. The van der Waals surface area contributed by atoms with Gasteiger partial charge in [0.1, 0.15) is 13.5 Å². The van der Waals surface area contributed by atoms with E-state index in [1.165, 1.54) is 19.3 Å². The molecule has 0 aromatic carbocycles. The molecule has 3 nitrogen and oxygen atoms in total. The van der Waals surface area contributed by atoms with Crippen LogP contribution in [0, 0.1) is 23.7 Å². The van der Waals surface area contributed by atoms with Gasteiger partial charge in [0.2, 0.25) is 0 Å². The average molecular weight is 231 g/mol. The van der Waals surface area contributed by atoms with Crippen molar-refractivity contribution in [2.75, 3.05) is 0 Å². The molecule has 90 valence electrons. The fourth-order valence-electron chi connectivity index (χ4n) is 4.49. The molecule has 17 heavy (non-hydrogen) atoms. The molecular weight excluding hydrogens is 213 g/mol. The van der Waals surface area contributed by atoms with Gasteiger partial charge in [-0.05, 0) is 49.4 Å². The Morgan fingerprint density at radius 2 is 2.12 bits per heavy atom. The van der Waals surface area contributed by atoms with Crippen molar-refractivity contribution in [3.63, 3.8) is 0 Å². The first-order valence-electron chi connectivity index (χ1n) is 6.48. The van der Waals surface area contributed by atoms with E-state index in [9.17, 15) is 4.79 Å². The third kappa shape index (κ3) is 1.53. The molecule has 2 radical (unpaired) electrons. The Labute approximate surface area is 103 Å². The number of fused-ring (bicyclic) bond motifs is 5. The Hall–Kier alpha value is -0.925. The monoisotopic (exact) mass is 231 g/mol. The van der Waals surface area contributed by atoms with Crippen molar-refractivity contribution in [2.45, 2.75) is 37.6 Å². The first kappa shape index (κ1) is 11.2. The molecular formula is C13H18BNO2. The Bertz CT molecular complexity index is 384. The van der Waals surface area contributed by atoms with Crippen molar-refractivity contribution >= 4 is 13.8 Å². The van der Waals surface area contributed by atoms with Gasteiger partial charge in [0.25, 0.3) is 0 Å². The van der Waals surface area contributed by atoms with Crippen LogP contribution in [0.4, 0.5) is 0 Å². The molecule has 0 spiro atoms. The van der Waals surface area contributed by atoms with E-state index in [1.807, 2.05) is 0 Å². The topological polar surface area (TPSA) is 52.3 Å². The summed E-state index contributed by atoms with van der Waals surface area (Å²) in [6, 6.07) is 0. The standard InChI is InChI=1S/C13H18BNO2/c1-7(15)12(16)17-13(14)6-8-5-11(13)10-4-2-3-9(8)10/h8-11H,1-6,15H2. The van der Waals surface area contributed by atoms with Gasteiger partial charge in [-0.25, -0.2) is 4.79 Å². The summed E-state index contributed by atoms with van der Waals surface area (Å²) in [4.78, 5) is 11.5. The van der Waals surface area contributed by atoms with E-state index in [2.05, 4.69) is 6.58 Å². The van der Waals surface area contributed by atoms with E-state index in [1.54, 1.807) is 0 Å². The van der Waals surface area contributed by atoms with Crippen LogP contribution in [0.2, 0.25) is 0 Å². The number of carbonyl (C=O) groups is 1. The van der Waals surface area contributed by atoms with Crippen LogP contribution in [0.25, 0.3) is 0 Å². The van der Waals surface area contributed by atoms with Gasteiger partial charge in [-0.1, -0.05) is 13.0 Å². The molecule has 5 unspecified atom stereocenters. The molecule has 2 bridgehead atoms. The largest absolute Gasteiger partial charge is 0.465 e. The van der Waals surface area contributed by atoms with Gasteiger partial charge in [0, 0.05) is 0 Å². The van der Waals surface area contributed by atoms with Crippen LogP contribution in [0.5, 0.6) is 0 Å². The lowest BCUT2D eigenvalue weighted by molar-refractivity contribution is -0.153. The fraction of sp³-hybridized carbons (Fsp3) is 0.769. The number of rotatable bonds is 2. The van der Waals surface area contributed by atoms with E-state index in [0.29, 0.717) is 17.8 Å². The SMILES string of the molecule is [B]C1(OC(=O)C(=C)N)CC2CC1C1CCCC21. The van der Waals surface area contributed by atoms with Crippen molar-refractivity contribution < 1.29 is 9.53 Å². The molecule has 3 aliphatic carbocycles. The lowest BCUT2D eigenvalue weighted by Gasteiger charge is -2.40. The third-order valence-corrected chi connectivity index (χ3v) is 5.06. The second-order valence-electron chi connectivity index (χ2n) is 5.93. The summed E-state index contributed by atoms with van der Waals surface area (Å²) < 4.78 is 5.42. The number of carbonyl (C=O) groups excluding carboxylic acids is 1. The van der Waals surface area contributed by atoms with Crippen LogP contribution in [0.15, 0.2) is 12.3 Å². The van der Waals surface area contributed by atoms with Crippen LogP contribution in [0.3, 0.4) is 0 Å². The molecule has 2 N–H and O–H groups in total. The highest BCUT2D eigenvalue weighted by Gasteiger charge is 2.60. The van der Waals surface area contributed by atoms with Crippen LogP contribution in [0.1, 0.15) is 32.1 Å². The quantitative estimate of drug-likeness (QED) is 0.443. The average Bonchev–Trinajstić information content (AvgIpc) is 2.86. The van der Waals surface area contributed by atoms with E-state index >= 15 is 0 Å². The van der Waals surface area contributed by atoms with Gasteiger partial charge in [-0.3, -0.25) is 0 Å². The Morgan fingerprint density at radius 3 is 2.82 bits per heavy atom. The summed E-state index contributed by atoms with van der Waals surface area (Å²) >= 11 is 0. The van der Waals surface area contributed by atoms with Crippen LogP contribution < -0.4 is 5.73 Å². The Balaban J connectivity index is 1.77. The van der Waals surface area contributed by atoms with E-state index in [0.717, 1.165) is 18.8 Å². The fourth-order valence-corrected chi connectivity index (χ4v) is 4.49. The highest BCUT2D eigenvalue weighted by atomic mass is 16.6. The molecule has 0 amide bonds. The molecule has 3 rings (SSSR count). The minimum atomic E-state index is -0.782. The summed E-state index contributed by atoms with van der Waals surface area (Å²) in [7, 11) is 6.30. The molecule has 0 saturated heterocycles. The molecule has 0 aliphatic heterocycles. The summed E-state index contributed by atoms with van der Waals surface area (Å²) in [5, 5.41) is 0. The van der Waals surface area contributed by atoms with Crippen LogP contribution >= 0.6 is 0 Å². The maximum absolute atomic E-state index is 11.5. The van der Waals surface area contributed by atoms with Gasteiger partial charge in [0.15, 0.2) is 0 Å². The van der Waals surface area contributed by atoms with Gasteiger partial charge in [-0.15, -0.1) is 0 Å². The third-order valence-electron chi connectivity index (χ3n) is 5.06. The van der Waals surface area contributed by atoms with Crippen LogP contribution in [-0.2, 0) is 9.53 Å². The summed E-state index contributed by atoms with van der Waals surface area (Å²) in [5.74, 6) is 1.93. The predicted molar refractivity (Wildman–Crippen MR) is 64.9 cm³/mol. The van der Waals surface area contributed by atoms with Gasteiger partial charge in [0.05, 0.1) is 5.50 Å². The Morgan fingerprint density at radius 1 is 1.41 bits per heavy atom.